The summed E-state index contributed by atoms with van der Waals surface area (Å²) >= 11 is 0. The Balaban J connectivity index is 1.96. The van der Waals surface area contributed by atoms with Crippen LogP contribution < -0.4 is 16.0 Å². The number of benzene rings is 2. The van der Waals surface area contributed by atoms with Crippen molar-refractivity contribution >= 4 is 53.2 Å². The fraction of sp³-hybridized carbons (Fsp3) is 0.644. The van der Waals surface area contributed by atoms with Crippen LogP contribution in [0.5, 0.6) is 0 Å². The van der Waals surface area contributed by atoms with Crippen molar-refractivity contribution in [2.75, 3.05) is 34.7 Å². The molecule has 19 nitrogen and oxygen atoms in total. The topological polar surface area (TPSA) is 235 Å². The number of rotatable bonds is 13. The number of carbonyl (C=O) groups excluding carboxylic acids is 9. The first-order chi connectivity index (χ1) is 36.7. The van der Waals surface area contributed by atoms with E-state index in [1.807, 2.05) is 57.2 Å². The Morgan fingerprint density at radius 3 is 1.51 bits per heavy atom. The van der Waals surface area contributed by atoms with Crippen LogP contribution in [0.4, 0.5) is 0 Å². The van der Waals surface area contributed by atoms with Crippen molar-refractivity contribution in [3.63, 3.8) is 0 Å². The molecule has 432 valence electrons. The predicted molar refractivity (Wildman–Crippen MR) is 297 cm³/mol. The maximum absolute atomic E-state index is 15.3. The predicted octanol–water partition coefficient (Wildman–Crippen LogP) is 3.98. The number of fused-ring (bicyclic) bond motifs is 1. The monoisotopic (exact) mass is 1090 g/mol. The molecule has 19 heteroatoms. The lowest BCUT2D eigenvalue weighted by molar-refractivity contribution is -0.173. The Morgan fingerprint density at radius 1 is 0.551 bits per heavy atom. The number of nitrogens with zero attached hydrogens (tertiary/aromatic N) is 5. The lowest BCUT2D eigenvalue weighted by Crippen LogP contribution is -2.62. The molecule has 2 aromatic carbocycles. The number of aliphatic hydroxyl groups excluding tert-OH is 1. The van der Waals surface area contributed by atoms with E-state index in [4.69, 9.17) is 4.74 Å². The molecule has 2 saturated heterocycles. The average Bonchev–Trinajstić information content (AvgIpc) is 3.92. The fourth-order valence-electron chi connectivity index (χ4n) is 10.7. The number of likely N-dealkylation sites (N-methyl/N-ethyl adjacent to an activating group) is 4. The third kappa shape index (κ3) is 15.9. The van der Waals surface area contributed by atoms with Gasteiger partial charge in [0.25, 0.3) is 5.91 Å². The highest BCUT2D eigenvalue weighted by molar-refractivity contribution is 5.99. The zero-order valence-corrected chi connectivity index (χ0v) is 48.9. The summed E-state index contributed by atoms with van der Waals surface area (Å²) in [6.45, 7) is 19.3. The first-order valence-electron chi connectivity index (χ1n) is 27.9. The van der Waals surface area contributed by atoms with Gasteiger partial charge < -0.3 is 50.3 Å². The van der Waals surface area contributed by atoms with E-state index in [-0.39, 0.29) is 38.1 Å². The molecule has 2 aromatic rings. The van der Waals surface area contributed by atoms with Gasteiger partial charge in [-0.1, -0.05) is 136 Å². The van der Waals surface area contributed by atoms with Crippen LogP contribution in [0.15, 0.2) is 60.7 Å². The van der Waals surface area contributed by atoms with Gasteiger partial charge in [0, 0.05) is 53.5 Å². The number of esters is 1. The van der Waals surface area contributed by atoms with Gasteiger partial charge in [-0.15, -0.1) is 0 Å². The van der Waals surface area contributed by atoms with Gasteiger partial charge in [0.2, 0.25) is 41.4 Å². The van der Waals surface area contributed by atoms with Crippen molar-refractivity contribution in [1.29, 1.82) is 0 Å². The number of cyclic esters (lactones) is 1. The highest BCUT2D eigenvalue weighted by Crippen LogP contribution is 2.26. The van der Waals surface area contributed by atoms with E-state index in [9.17, 15) is 38.7 Å². The van der Waals surface area contributed by atoms with Crippen LogP contribution >= 0.6 is 0 Å². The summed E-state index contributed by atoms with van der Waals surface area (Å²) in [5, 5.41) is 20.0. The SMILES string of the molecule is CCC(C)C1OC(=O)[C@H]([C@@H](C)O)N(C)C(=O)[C@H](CC(C)C)NC(=O)[C@H](C(C)C)N(C)C(=O)[C@H]([C@@H](C)CC)NC(=O)[C@@H]2CCCN2C(=O)[C@H](Cc2ccccc2)N(C)C(=O)[C@H](Cc2ccccc2)NC(=O)[C@H](C(C)C)N(C)C1=O. The fourth-order valence-corrected chi connectivity index (χ4v) is 10.7. The number of carbonyl (C=O) groups is 9. The molecule has 2 fully saturated rings. The van der Waals surface area contributed by atoms with Crippen LogP contribution in [0.3, 0.4) is 0 Å². The molecule has 0 aliphatic carbocycles. The summed E-state index contributed by atoms with van der Waals surface area (Å²) in [6, 6.07) is 8.20. The van der Waals surface area contributed by atoms with Gasteiger partial charge in [-0.05, 0) is 67.4 Å². The summed E-state index contributed by atoms with van der Waals surface area (Å²) in [5.74, 6) is -8.58. The molecule has 0 aromatic heterocycles. The molecule has 2 unspecified atom stereocenters. The van der Waals surface area contributed by atoms with Gasteiger partial charge in [-0.25, -0.2) is 4.79 Å². The molecule has 2 heterocycles. The van der Waals surface area contributed by atoms with Crippen LogP contribution in [0.2, 0.25) is 0 Å². The molecule has 8 amide bonds. The standard InChI is InChI=1S/C59H90N8O11/c1-16-37(9)46-57(75)64(13)47(35(5)6)52(70)60-42(31-34(3)4)55(73)66(15)49(39(11)68)59(77)78-50(38(10)17-2)58(76)65(14)48(36(7)8)53(71)61-43(32-40-25-20-18-21-26-40)54(72)63(12)45(33-41-27-22-19-23-28-41)56(74)67-30-24-29-44(67)51(69)62-46/h18-23,25-28,34-39,42-50,68H,16-17,24,29-33H2,1-15H3,(H,60,70)(H,61,71)(H,62,69)/t37-,38?,39+,42-,43-,44-,45-,46-,47-,48-,49-,50?/m0/s1. The third-order valence-corrected chi connectivity index (χ3v) is 15.6. The van der Waals surface area contributed by atoms with E-state index in [0.29, 0.717) is 24.8 Å². The van der Waals surface area contributed by atoms with Crippen LogP contribution in [0.1, 0.15) is 119 Å². The summed E-state index contributed by atoms with van der Waals surface area (Å²) in [5.41, 5.74) is 1.42. The minimum absolute atomic E-state index is 0.00438. The third-order valence-electron chi connectivity index (χ3n) is 15.6. The molecule has 0 radical (unpaired) electrons. The van der Waals surface area contributed by atoms with E-state index in [0.717, 1.165) is 10.5 Å². The Kier molecular flexibility index (Phi) is 23.9. The number of amides is 8. The minimum Gasteiger partial charge on any atom is -0.450 e. The first kappa shape index (κ1) is 64.2. The van der Waals surface area contributed by atoms with Crippen molar-refractivity contribution in [2.45, 2.75) is 182 Å². The Morgan fingerprint density at radius 2 is 1.03 bits per heavy atom. The molecule has 2 aliphatic heterocycles. The van der Waals surface area contributed by atoms with Gasteiger partial charge >= 0.3 is 5.97 Å². The normalized spacial score (nSPS) is 26.9. The van der Waals surface area contributed by atoms with Crippen LogP contribution in [-0.2, 0) is 60.7 Å². The molecule has 0 bridgehead atoms. The van der Waals surface area contributed by atoms with Crippen molar-refractivity contribution in [3.05, 3.63) is 71.8 Å². The van der Waals surface area contributed by atoms with Gasteiger partial charge in [-0.2, -0.15) is 0 Å². The van der Waals surface area contributed by atoms with Crippen LogP contribution in [-0.4, -0.2) is 178 Å². The second-order valence-corrected chi connectivity index (χ2v) is 22.8. The number of ether oxygens (including phenoxy) is 1. The largest absolute Gasteiger partial charge is 0.450 e. The van der Waals surface area contributed by atoms with E-state index >= 15 is 9.59 Å². The van der Waals surface area contributed by atoms with Crippen LogP contribution in [0.25, 0.3) is 0 Å². The zero-order valence-electron chi connectivity index (χ0n) is 48.9. The highest BCUT2D eigenvalue weighted by Gasteiger charge is 2.46. The highest BCUT2D eigenvalue weighted by atomic mass is 16.6. The zero-order chi connectivity index (χ0) is 58.5. The van der Waals surface area contributed by atoms with E-state index in [1.54, 1.807) is 72.7 Å². The molecule has 78 heavy (non-hydrogen) atoms. The number of hydrogen-bond donors (Lipinski definition) is 4. The molecule has 4 rings (SSSR count). The summed E-state index contributed by atoms with van der Waals surface area (Å²) in [7, 11) is 5.66. The number of hydrogen-bond acceptors (Lipinski definition) is 11. The quantitative estimate of drug-likeness (QED) is 0.210. The van der Waals surface area contributed by atoms with Crippen molar-refractivity contribution in [2.24, 2.45) is 29.6 Å². The van der Waals surface area contributed by atoms with Crippen molar-refractivity contribution < 1.29 is 53.0 Å². The number of nitrogens with one attached hydrogen (secondary N) is 3. The molecule has 4 N–H and O–H groups in total. The minimum atomic E-state index is -1.67. The van der Waals surface area contributed by atoms with E-state index in [2.05, 4.69) is 16.0 Å². The smallest absolute Gasteiger partial charge is 0.332 e. The average molecular weight is 1090 g/mol. The van der Waals surface area contributed by atoms with Crippen LogP contribution in [0, 0.1) is 29.6 Å². The maximum Gasteiger partial charge on any atom is 0.332 e. The summed E-state index contributed by atoms with van der Waals surface area (Å²) in [6.07, 6.45) is -1.39. The molecule has 12 atom stereocenters. The van der Waals surface area contributed by atoms with Gasteiger partial charge in [0.15, 0.2) is 12.1 Å². The molecular weight excluding hydrogens is 997 g/mol. The van der Waals surface area contributed by atoms with Gasteiger partial charge in [-0.3, -0.25) is 38.4 Å². The van der Waals surface area contributed by atoms with Gasteiger partial charge in [0.05, 0.1) is 6.10 Å². The van der Waals surface area contributed by atoms with Crippen molar-refractivity contribution in [1.82, 2.24) is 40.4 Å². The summed E-state index contributed by atoms with van der Waals surface area (Å²) < 4.78 is 6.03. The second-order valence-electron chi connectivity index (χ2n) is 22.8. The number of aliphatic hydroxyl groups is 1. The Labute approximate surface area is 462 Å². The van der Waals surface area contributed by atoms with Crippen molar-refractivity contribution in [3.8, 4) is 0 Å². The Hall–Kier alpha value is -6.37. The Bertz CT molecular complexity index is 2380. The molecular formula is C59H90N8O11. The van der Waals surface area contributed by atoms with E-state index in [1.165, 1.54) is 54.7 Å². The lowest BCUT2D eigenvalue weighted by atomic mass is 9.94. The first-order valence-corrected chi connectivity index (χ1v) is 27.9. The van der Waals surface area contributed by atoms with E-state index < -0.39 is 137 Å². The second kappa shape index (κ2) is 29.0. The summed E-state index contributed by atoms with van der Waals surface area (Å²) in [4.78, 5) is 140. The molecule has 0 saturated carbocycles. The maximum atomic E-state index is 15.3. The van der Waals surface area contributed by atoms with Gasteiger partial charge in [0.1, 0.15) is 42.3 Å². The molecule has 0 spiro atoms. The lowest BCUT2D eigenvalue weighted by Gasteiger charge is -2.37. The molecule has 2 aliphatic rings.